The molecule has 8 heteroatoms. The van der Waals surface area contributed by atoms with Crippen molar-refractivity contribution >= 4 is 21.7 Å². The van der Waals surface area contributed by atoms with Gasteiger partial charge in [-0.05, 0) is 32.0 Å². The van der Waals surface area contributed by atoms with Crippen molar-refractivity contribution in [3.8, 4) is 5.75 Å². The Morgan fingerprint density at radius 1 is 1.07 bits per heavy atom. The summed E-state index contributed by atoms with van der Waals surface area (Å²) in [6.45, 7) is 3.07. The molecule has 0 bridgehead atoms. The van der Waals surface area contributed by atoms with Crippen LogP contribution in [0.25, 0.3) is 0 Å². The molecule has 0 aliphatic rings. The first-order valence-corrected chi connectivity index (χ1v) is 9.76. The average Bonchev–Trinajstić information content (AvgIpc) is 2.65. The van der Waals surface area contributed by atoms with Crippen molar-refractivity contribution in [1.29, 1.82) is 0 Å². The molecule has 0 aliphatic carbocycles. The Morgan fingerprint density at radius 3 is 2.30 bits per heavy atom. The van der Waals surface area contributed by atoms with Gasteiger partial charge in [-0.15, -0.1) is 0 Å². The molecule has 144 valence electrons. The van der Waals surface area contributed by atoms with Gasteiger partial charge in [0, 0.05) is 17.7 Å². The molecular formula is C19H22N2O5S. The van der Waals surface area contributed by atoms with Gasteiger partial charge in [0.15, 0.2) is 5.78 Å². The summed E-state index contributed by atoms with van der Waals surface area (Å²) >= 11 is 0. The van der Waals surface area contributed by atoms with Gasteiger partial charge in [0.2, 0.25) is 15.9 Å². The first kappa shape index (κ1) is 20.6. The van der Waals surface area contributed by atoms with Crippen LogP contribution in [0.2, 0.25) is 0 Å². The van der Waals surface area contributed by atoms with E-state index in [4.69, 9.17) is 4.74 Å². The number of amides is 1. The zero-order valence-corrected chi connectivity index (χ0v) is 16.2. The molecule has 1 amide bonds. The number of ether oxygens (including phenoxy) is 1. The highest BCUT2D eigenvalue weighted by molar-refractivity contribution is 7.89. The molecule has 0 aromatic heterocycles. The van der Waals surface area contributed by atoms with Crippen LogP contribution in [-0.2, 0) is 21.4 Å². The monoisotopic (exact) mass is 390 g/mol. The molecule has 0 unspecified atom stereocenters. The molecule has 0 radical (unpaired) electrons. The van der Waals surface area contributed by atoms with Crippen LogP contribution in [0.3, 0.4) is 0 Å². The van der Waals surface area contributed by atoms with Crippen LogP contribution in [0, 0.1) is 0 Å². The molecule has 0 heterocycles. The van der Waals surface area contributed by atoms with Crippen LogP contribution in [0.4, 0.5) is 0 Å². The lowest BCUT2D eigenvalue weighted by atomic mass is 10.2. The largest absolute Gasteiger partial charge is 0.496 e. The molecule has 7 nitrogen and oxygen atoms in total. The van der Waals surface area contributed by atoms with Crippen LogP contribution < -0.4 is 14.8 Å². The summed E-state index contributed by atoms with van der Waals surface area (Å²) in [7, 11) is -2.35. The van der Waals surface area contributed by atoms with Crippen molar-refractivity contribution in [2.75, 3.05) is 7.11 Å². The molecule has 27 heavy (non-hydrogen) atoms. The van der Waals surface area contributed by atoms with Crippen LogP contribution in [0.15, 0.2) is 53.4 Å². The summed E-state index contributed by atoms with van der Waals surface area (Å²) in [5.41, 5.74) is 1.19. The SMILES string of the molecule is COc1ccccc1CNC(=O)[C@H](C)NS(=O)(=O)c1ccc(C(C)=O)cc1. The van der Waals surface area contributed by atoms with E-state index in [9.17, 15) is 18.0 Å². The van der Waals surface area contributed by atoms with E-state index in [2.05, 4.69) is 10.0 Å². The molecule has 2 aromatic rings. The van der Waals surface area contributed by atoms with Gasteiger partial charge in [-0.1, -0.05) is 30.3 Å². The Bertz CT molecular complexity index is 923. The number of sulfonamides is 1. The highest BCUT2D eigenvalue weighted by Gasteiger charge is 2.22. The zero-order valence-electron chi connectivity index (χ0n) is 15.4. The van der Waals surface area contributed by atoms with Gasteiger partial charge in [0.1, 0.15) is 5.75 Å². The second-order valence-electron chi connectivity index (χ2n) is 5.95. The number of carbonyl (C=O) groups is 2. The maximum absolute atomic E-state index is 12.4. The van der Waals surface area contributed by atoms with Crippen molar-refractivity contribution in [3.05, 3.63) is 59.7 Å². The van der Waals surface area contributed by atoms with E-state index in [0.717, 1.165) is 5.56 Å². The molecule has 0 spiro atoms. The van der Waals surface area contributed by atoms with Gasteiger partial charge in [-0.2, -0.15) is 4.72 Å². The lowest BCUT2D eigenvalue weighted by Crippen LogP contribution is -2.44. The van der Waals surface area contributed by atoms with E-state index in [1.807, 2.05) is 18.2 Å². The van der Waals surface area contributed by atoms with Gasteiger partial charge in [0.05, 0.1) is 18.0 Å². The lowest BCUT2D eigenvalue weighted by molar-refractivity contribution is -0.122. The highest BCUT2D eigenvalue weighted by Crippen LogP contribution is 2.17. The smallest absolute Gasteiger partial charge is 0.241 e. The molecule has 0 aliphatic heterocycles. The molecule has 2 aromatic carbocycles. The lowest BCUT2D eigenvalue weighted by Gasteiger charge is -2.15. The molecule has 0 saturated carbocycles. The van der Waals surface area contributed by atoms with Crippen molar-refractivity contribution in [2.45, 2.75) is 31.3 Å². The number of nitrogens with one attached hydrogen (secondary N) is 2. The fourth-order valence-corrected chi connectivity index (χ4v) is 3.61. The van der Waals surface area contributed by atoms with E-state index in [1.165, 1.54) is 45.2 Å². The number of methoxy groups -OCH3 is 1. The number of carbonyl (C=O) groups excluding carboxylic acids is 2. The minimum atomic E-state index is -3.89. The Kier molecular flexibility index (Phi) is 6.70. The summed E-state index contributed by atoms with van der Waals surface area (Å²) in [4.78, 5) is 23.5. The molecule has 1 atom stereocenters. The number of rotatable bonds is 8. The highest BCUT2D eigenvalue weighted by atomic mass is 32.2. The van der Waals surface area contributed by atoms with Gasteiger partial charge < -0.3 is 10.1 Å². The predicted octanol–water partition coefficient (Wildman–Crippen LogP) is 1.88. The number of Topliss-reactive ketones (excluding diaryl/α,β-unsaturated/α-hetero) is 1. The summed E-state index contributed by atoms with van der Waals surface area (Å²) in [5, 5.41) is 2.68. The van der Waals surface area contributed by atoms with Gasteiger partial charge >= 0.3 is 0 Å². The van der Waals surface area contributed by atoms with E-state index < -0.39 is 22.0 Å². The maximum Gasteiger partial charge on any atom is 0.241 e. The van der Waals surface area contributed by atoms with Crippen LogP contribution in [-0.4, -0.2) is 33.3 Å². The van der Waals surface area contributed by atoms with Crippen molar-refractivity contribution in [3.63, 3.8) is 0 Å². The van der Waals surface area contributed by atoms with Crippen LogP contribution >= 0.6 is 0 Å². The molecule has 2 N–H and O–H groups in total. The topological polar surface area (TPSA) is 102 Å². The van der Waals surface area contributed by atoms with Crippen molar-refractivity contribution in [2.24, 2.45) is 0 Å². The van der Waals surface area contributed by atoms with E-state index in [-0.39, 0.29) is 17.2 Å². The van der Waals surface area contributed by atoms with E-state index in [1.54, 1.807) is 6.07 Å². The first-order chi connectivity index (χ1) is 12.7. The normalized spacial score (nSPS) is 12.3. The third kappa shape index (κ3) is 5.38. The Morgan fingerprint density at radius 2 is 1.70 bits per heavy atom. The predicted molar refractivity (Wildman–Crippen MR) is 101 cm³/mol. The summed E-state index contributed by atoms with van der Waals surface area (Å²) < 4.78 is 32.4. The Hall–Kier alpha value is -2.71. The third-order valence-corrected chi connectivity index (χ3v) is 5.50. The second kappa shape index (κ2) is 8.79. The average molecular weight is 390 g/mol. The zero-order chi connectivity index (χ0) is 20.0. The minimum absolute atomic E-state index is 0.0168. The van der Waals surface area contributed by atoms with Gasteiger partial charge in [0.25, 0.3) is 0 Å². The van der Waals surface area contributed by atoms with Gasteiger partial charge in [-0.25, -0.2) is 8.42 Å². The quantitative estimate of drug-likeness (QED) is 0.670. The van der Waals surface area contributed by atoms with Crippen molar-refractivity contribution in [1.82, 2.24) is 10.0 Å². The maximum atomic E-state index is 12.4. The fourth-order valence-electron chi connectivity index (χ4n) is 2.41. The first-order valence-electron chi connectivity index (χ1n) is 8.27. The molecular weight excluding hydrogens is 368 g/mol. The fraction of sp³-hybridized carbons (Fsp3) is 0.263. The second-order valence-corrected chi connectivity index (χ2v) is 7.67. The van der Waals surface area contributed by atoms with E-state index >= 15 is 0 Å². The minimum Gasteiger partial charge on any atom is -0.496 e. The summed E-state index contributed by atoms with van der Waals surface area (Å²) in [6, 6.07) is 11.8. The van der Waals surface area contributed by atoms with Gasteiger partial charge in [-0.3, -0.25) is 9.59 Å². The number of para-hydroxylation sites is 1. The molecule has 0 saturated heterocycles. The Labute approximate surface area is 158 Å². The number of hydrogen-bond acceptors (Lipinski definition) is 5. The number of ketones is 1. The number of benzene rings is 2. The van der Waals surface area contributed by atoms with Crippen LogP contribution in [0.1, 0.15) is 29.8 Å². The Balaban J connectivity index is 2.01. The third-order valence-electron chi connectivity index (χ3n) is 3.94. The van der Waals surface area contributed by atoms with Crippen LogP contribution in [0.5, 0.6) is 5.75 Å². The number of hydrogen-bond donors (Lipinski definition) is 2. The molecule has 2 rings (SSSR count). The summed E-state index contributed by atoms with van der Waals surface area (Å²) in [5.74, 6) is 0.0115. The summed E-state index contributed by atoms with van der Waals surface area (Å²) in [6.07, 6.45) is 0. The standard InChI is InChI=1S/C19H22N2O5S/c1-13(19(23)20-12-16-6-4-5-7-18(16)26-3)21-27(24,25)17-10-8-15(9-11-17)14(2)22/h4-11,13,21H,12H2,1-3H3,(H,20,23)/t13-/m0/s1. The van der Waals surface area contributed by atoms with E-state index in [0.29, 0.717) is 11.3 Å². The van der Waals surface area contributed by atoms with Crippen molar-refractivity contribution < 1.29 is 22.7 Å². The molecule has 0 fully saturated rings.